The average molecular weight is 472 g/mol. The van der Waals surface area contributed by atoms with Crippen LogP contribution in [0, 0.1) is 5.92 Å². The van der Waals surface area contributed by atoms with Gasteiger partial charge in [-0.25, -0.2) is 4.79 Å². The standard InChI is InChI=1S/C27H41N3O4/c1-17(2)23(16-29-11-10-18(3)19(4)14-29)28-25(32)24-13-20-8-9-22(31)12-21(20)15-30(24)26(33)34-27(5,6)7/h8-9,12,17,23-24,31H,10-11,13-16H2,1-7H3,(H,28,32)/t23-,24-/m1/s1. The Kier molecular flexibility index (Phi) is 7.96. The number of nitrogens with zero attached hydrogens (tertiary/aromatic N) is 2. The summed E-state index contributed by atoms with van der Waals surface area (Å²) >= 11 is 0. The molecule has 7 heteroatoms. The molecule has 0 bridgehead atoms. The number of phenolic OH excluding ortho intramolecular Hbond substituents is 1. The number of hydrogen-bond donors (Lipinski definition) is 2. The van der Waals surface area contributed by atoms with Gasteiger partial charge in [0.15, 0.2) is 0 Å². The van der Waals surface area contributed by atoms with Crippen LogP contribution in [0.4, 0.5) is 4.79 Å². The van der Waals surface area contributed by atoms with Crippen molar-refractivity contribution >= 4 is 12.0 Å². The van der Waals surface area contributed by atoms with Crippen molar-refractivity contribution in [2.24, 2.45) is 5.92 Å². The predicted octanol–water partition coefficient (Wildman–Crippen LogP) is 4.24. The first-order chi connectivity index (χ1) is 15.8. The monoisotopic (exact) mass is 471 g/mol. The van der Waals surface area contributed by atoms with Crippen LogP contribution in [0.1, 0.15) is 66.0 Å². The highest BCUT2D eigenvalue weighted by Gasteiger charge is 2.38. The molecular weight excluding hydrogens is 430 g/mol. The third-order valence-electron chi connectivity index (χ3n) is 6.83. The number of phenols is 1. The first-order valence-corrected chi connectivity index (χ1v) is 12.3. The molecule has 1 aromatic rings. The highest BCUT2D eigenvalue weighted by Crippen LogP contribution is 2.28. The fourth-order valence-corrected chi connectivity index (χ4v) is 4.54. The number of hydrogen-bond acceptors (Lipinski definition) is 5. The van der Waals surface area contributed by atoms with E-state index in [1.807, 2.05) is 26.8 Å². The minimum absolute atomic E-state index is 0.0274. The lowest BCUT2D eigenvalue weighted by atomic mass is 9.92. The summed E-state index contributed by atoms with van der Waals surface area (Å²) in [6.07, 6.45) is 0.925. The van der Waals surface area contributed by atoms with Gasteiger partial charge in [-0.2, -0.15) is 0 Å². The zero-order chi connectivity index (χ0) is 25.2. The number of aromatic hydroxyl groups is 1. The Labute approximate surface area is 204 Å². The predicted molar refractivity (Wildman–Crippen MR) is 134 cm³/mol. The maximum Gasteiger partial charge on any atom is 0.411 e. The molecule has 0 spiro atoms. The van der Waals surface area contributed by atoms with E-state index in [0.29, 0.717) is 6.42 Å². The molecule has 7 nitrogen and oxygen atoms in total. The molecule has 0 saturated heterocycles. The van der Waals surface area contributed by atoms with Crippen molar-refractivity contribution in [3.05, 3.63) is 40.5 Å². The van der Waals surface area contributed by atoms with Gasteiger partial charge in [-0.1, -0.05) is 31.1 Å². The van der Waals surface area contributed by atoms with Crippen LogP contribution in [-0.2, 0) is 22.5 Å². The van der Waals surface area contributed by atoms with Crippen LogP contribution in [0.2, 0.25) is 0 Å². The number of carbonyl (C=O) groups is 2. The molecule has 2 atom stereocenters. The topological polar surface area (TPSA) is 82.1 Å². The number of nitrogens with one attached hydrogen (secondary N) is 1. The Bertz CT molecular complexity index is 948. The van der Waals surface area contributed by atoms with Gasteiger partial charge in [-0.05, 0) is 70.2 Å². The molecular formula is C27H41N3O4. The van der Waals surface area contributed by atoms with Gasteiger partial charge in [0.1, 0.15) is 17.4 Å². The fourth-order valence-electron chi connectivity index (χ4n) is 4.54. The van der Waals surface area contributed by atoms with Crippen LogP contribution in [0.5, 0.6) is 5.75 Å². The zero-order valence-corrected chi connectivity index (χ0v) is 21.8. The van der Waals surface area contributed by atoms with Crippen molar-refractivity contribution in [2.45, 2.75) is 85.5 Å². The number of fused-ring (bicyclic) bond motifs is 1. The Morgan fingerprint density at radius 1 is 1.15 bits per heavy atom. The first-order valence-electron chi connectivity index (χ1n) is 12.3. The van der Waals surface area contributed by atoms with E-state index in [-0.39, 0.29) is 30.2 Å². The Balaban J connectivity index is 1.79. The van der Waals surface area contributed by atoms with Crippen LogP contribution >= 0.6 is 0 Å². The summed E-state index contributed by atoms with van der Waals surface area (Å²) in [6.45, 7) is 17.0. The van der Waals surface area contributed by atoms with Crippen molar-refractivity contribution < 1.29 is 19.4 Å². The number of carbonyl (C=O) groups excluding carboxylic acids is 2. The molecule has 188 valence electrons. The van der Waals surface area contributed by atoms with Gasteiger partial charge in [0.2, 0.25) is 5.91 Å². The van der Waals surface area contributed by atoms with E-state index in [1.165, 1.54) is 16.0 Å². The third-order valence-corrected chi connectivity index (χ3v) is 6.83. The van der Waals surface area contributed by atoms with E-state index in [1.54, 1.807) is 12.1 Å². The SMILES string of the molecule is CC1=C(C)CN(C[C@@H](NC(=O)[C@H]2Cc3ccc(O)cc3CN2C(=O)OC(C)(C)C)C(C)C)CC1. The quantitative estimate of drug-likeness (QED) is 0.628. The smallest absolute Gasteiger partial charge is 0.411 e. The largest absolute Gasteiger partial charge is 0.508 e. The summed E-state index contributed by atoms with van der Waals surface area (Å²) in [5.41, 5.74) is 3.99. The third kappa shape index (κ3) is 6.53. The molecule has 0 unspecified atom stereocenters. The first kappa shape index (κ1) is 26.1. The lowest BCUT2D eigenvalue weighted by Crippen LogP contribution is -2.57. The summed E-state index contributed by atoms with van der Waals surface area (Å²) in [5.74, 6) is 0.231. The normalized spacial score (nSPS) is 20.2. The molecule has 0 aliphatic carbocycles. The van der Waals surface area contributed by atoms with Gasteiger partial charge in [-0.3, -0.25) is 14.6 Å². The van der Waals surface area contributed by atoms with Gasteiger partial charge >= 0.3 is 6.09 Å². The molecule has 0 saturated carbocycles. The van der Waals surface area contributed by atoms with Crippen LogP contribution < -0.4 is 5.32 Å². The number of rotatable bonds is 5. The van der Waals surface area contributed by atoms with Crippen LogP contribution in [0.3, 0.4) is 0 Å². The van der Waals surface area contributed by atoms with E-state index >= 15 is 0 Å². The fraction of sp³-hybridized carbons (Fsp3) is 0.630. The Morgan fingerprint density at radius 3 is 2.47 bits per heavy atom. The lowest BCUT2D eigenvalue weighted by Gasteiger charge is -2.39. The highest BCUT2D eigenvalue weighted by atomic mass is 16.6. The van der Waals surface area contributed by atoms with Gasteiger partial charge in [0.25, 0.3) is 0 Å². The van der Waals surface area contributed by atoms with E-state index in [4.69, 9.17) is 4.74 Å². The molecule has 2 aliphatic heterocycles. The molecule has 2 N–H and O–H groups in total. The maximum atomic E-state index is 13.6. The van der Waals surface area contributed by atoms with E-state index in [9.17, 15) is 14.7 Å². The second-order valence-corrected chi connectivity index (χ2v) is 11.2. The summed E-state index contributed by atoms with van der Waals surface area (Å²) in [5, 5.41) is 13.2. The van der Waals surface area contributed by atoms with Gasteiger partial charge in [0.05, 0.1) is 6.54 Å². The van der Waals surface area contributed by atoms with Crippen molar-refractivity contribution in [1.82, 2.24) is 15.1 Å². The zero-order valence-electron chi connectivity index (χ0n) is 21.8. The minimum Gasteiger partial charge on any atom is -0.508 e. The van der Waals surface area contributed by atoms with Crippen molar-refractivity contribution in [3.63, 3.8) is 0 Å². The second kappa shape index (κ2) is 10.4. The molecule has 0 fully saturated rings. The van der Waals surface area contributed by atoms with E-state index in [0.717, 1.165) is 37.2 Å². The van der Waals surface area contributed by atoms with Crippen LogP contribution in [0.15, 0.2) is 29.3 Å². The molecule has 1 aromatic carbocycles. The molecule has 2 heterocycles. The molecule has 2 amide bonds. The van der Waals surface area contributed by atoms with Crippen molar-refractivity contribution in [3.8, 4) is 5.75 Å². The second-order valence-electron chi connectivity index (χ2n) is 11.2. The Hall–Kier alpha value is -2.54. The van der Waals surface area contributed by atoms with Crippen molar-refractivity contribution in [2.75, 3.05) is 19.6 Å². The molecule has 3 rings (SSSR count). The number of benzene rings is 1. The van der Waals surface area contributed by atoms with E-state index < -0.39 is 17.7 Å². The molecule has 0 radical (unpaired) electrons. The summed E-state index contributed by atoms with van der Waals surface area (Å²) in [6, 6.07) is 4.43. The summed E-state index contributed by atoms with van der Waals surface area (Å²) in [4.78, 5) is 30.6. The maximum absolute atomic E-state index is 13.6. The summed E-state index contributed by atoms with van der Waals surface area (Å²) in [7, 11) is 0. The van der Waals surface area contributed by atoms with Crippen LogP contribution in [0.25, 0.3) is 0 Å². The highest BCUT2D eigenvalue weighted by molar-refractivity contribution is 5.87. The van der Waals surface area contributed by atoms with Crippen molar-refractivity contribution in [1.29, 1.82) is 0 Å². The number of amides is 2. The Morgan fingerprint density at radius 2 is 1.85 bits per heavy atom. The van der Waals surface area contributed by atoms with E-state index in [2.05, 4.69) is 37.9 Å². The lowest BCUT2D eigenvalue weighted by molar-refractivity contribution is -0.128. The van der Waals surface area contributed by atoms with Gasteiger partial charge in [-0.15, -0.1) is 0 Å². The molecule has 0 aromatic heterocycles. The minimum atomic E-state index is -0.671. The van der Waals surface area contributed by atoms with Crippen LogP contribution in [-0.4, -0.2) is 64.2 Å². The van der Waals surface area contributed by atoms with Gasteiger partial charge < -0.3 is 15.2 Å². The molecule has 34 heavy (non-hydrogen) atoms. The van der Waals surface area contributed by atoms with Gasteiger partial charge in [0, 0.05) is 32.1 Å². The summed E-state index contributed by atoms with van der Waals surface area (Å²) < 4.78 is 5.63. The number of ether oxygens (including phenoxy) is 1. The molecule has 2 aliphatic rings. The average Bonchev–Trinajstić information content (AvgIpc) is 2.73.